The molecule has 21 heavy (non-hydrogen) atoms. The summed E-state index contributed by atoms with van der Waals surface area (Å²) in [7, 11) is 1.68. The molecule has 1 aliphatic heterocycles. The summed E-state index contributed by atoms with van der Waals surface area (Å²) >= 11 is 0. The number of hydrogen-bond acceptors (Lipinski definition) is 4. The van der Waals surface area contributed by atoms with Crippen molar-refractivity contribution < 1.29 is 9.84 Å². The number of imidazole rings is 1. The van der Waals surface area contributed by atoms with Crippen LogP contribution in [0.4, 0.5) is 0 Å². The van der Waals surface area contributed by atoms with Crippen molar-refractivity contribution in [2.45, 2.75) is 32.7 Å². The lowest BCUT2D eigenvalue weighted by Gasteiger charge is -2.28. The first-order valence-electron chi connectivity index (χ1n) is 7.24. The van der Waals surface area contributed by atoms with Gasteiger partial charge in [0, 0.05) is 37.6 Å². The number of benzene rings is 1. The molecule has 0 saturated heterocycles. The zero-order chi connectivity index (χ0) is 14.8. The molecular weight excluding hydrogens is 266 g/mol. The molecule has 0 bridgehead atoms. The second-order valence-electron chi connectivity index (χ2n) is 5.49. The maximum absolute atomic E-state index is 9.75. The Labute approximate surface area is 124 Å². The van der Waals surface area contributed by atoms with Crippen molar-refractivity contribution in [2.24, 2.45) is 0 Å². The van der Waals surface area contributed by atoms with Gasteiger partial charge in [-0.3, -0.25) is 4.90 Å². The van der Waals surface area contributed by atoms with Gasteiger partial charge >= 0.3 is 0 Å². The maximum Gasteiger partial charge on any atom is 0.123 e. The predicted molar refractivity (Wildman–Crippen MR) is 80.0 cm³/mol. The summed E-state index contributed by atoms with van der Waals surface area (Å²) in [5.74, 6) is 1.97. The number of methoxy groups -OCH3 is 1. The molecule has 0 fully saturated rings. The van der Waals surface area contributed by atoms with Crippen molar-refractivity contribution in [2.75, 3.05) is 13.7 Å². The second kappa shape index (κ2) is 5.87. The Balaban J connectivity index is 1.79. The van der Waals surface area contributed by atoms with Gasteiger partial charge in [0.15, 0.2) is 0 Å². The first-order chi connectivity index (χ1) is 10.2. The SMILES string of the molecule is COc1ccc(C(C)O)cc1CN1CCn2ccnc2C1. The highest BCUT2D eigenvalue weighted by atomic mass is 16.5. The molecule has 2 heterocycles. The van der Waals surface area contributed by atoms with Crippen LogP contribution in [0.15, 0.2) is 30.6 Å². The minimum atomic E-state index is -0.463. The van der Waals surface area contributed by atoms with Gasteiger partial charge in [-0.1, -0.05) is 6.07 Å². The molecule has 3 rings (SSSR count). The monoisotopic (exact) mass is 287 g/mol. The van der Waals surface area contributed by atoms with Crippen LogP contribution < -0.4 is 4.74 Å². The van der Waals surface area contributed by atoms with E-state index in [2.05, 4.69) is 14.5 Å². The van der Waals surface area contributed by atoms with Crippen molar-refractivity contribution in [3.8, 4) is 5.75 Å². The van der Waals surface area contributed by atoms with Crippen LogP contribution in [0.3, 0.4) is 0 Å². The van der Waals surface area contributed by atoms with Gasteiger partial charge in [0.1, 0.15) is 11.6 Å². The summed E-state index contributed by atoms with van der Waals surface area (Å²) in [5, 5.41) is 9.75. The molecule has 1 aliphatic rings. The van der Waals surface area contributed by atoms with E-state index in [-0.39, 0.29) is 0 Å². The van der Waals surface area contributed by atoms with Crippen LogP contribution in [0.1, 0.15) is 30.0 Å². The quantitative estimate of drug-likeness (QED) is 0.934. The minimum Gasteiger partial charge on any atom is -0.496 e. The average Bonchev–Trinajstić information content (AvgIpc) is 2.94. The zero-order valence-corrected chi connectivity index (χ0v) is 12.5. The molecule has 0 aliphatic carbocycles. The van der Waals surface area contributed by atoms with Gasteiger partial charge in [-0.05, 0) is 24.6 Å². The second-order valence-corrected chi connectivity index (χ2v) is 5.49. The summed E-state index contributed by atoms with van der Waals surface area (Å²) in [6.45, 7) is 5.38. The van der Waals surface area contributed by atoms with Crippen LogP contribution in [-0.2, 0) is 19.6 Å². The van der Waals surface area contributed by atoms with Gasteiger partial charge in [0.05, 0.1) is 19.8 Å². The number of fused-ring (bicyclic) bond motifs is 1. The van der Waals surface area contributed by atoms with Crippen LogP contribution in [0.5, 0.6) is 5.75 Å². The fraction of sp³-hybridized carbons (Fsp3) is 0.438. The van der Waals surface area contributed by atoms with Gasteiger partial charge in [0.25, 0.3) is 0 Å². The van der Waals surface area contributed by atoms with E-state index in [1.54, 1.807) is 14.0 Å². The lowest BCUT2D eigenvalue weighted by molar-refractivity contribution is 0.196. The molecule has 1 N–H and O–H groups in total. The Hall–Kier alpha value is -1.85. The highest BCUT2D eigenvalue weighted by Gasteiger charge is 2.18. The zero-order valence-electron chi connectivity index (χ0n) is 12.5. The van der Waals surface area contributed by atoms with Gasteiger partial charge in [-0.2, -0.15) is 0 Å². The van der Waals surface area contributed by atoms with Gasteiger partial charge in [0.2, 0.25) is 0 Å². The topological polar surface area (TPSA) is 50.5 Å². The first kappa shape index (κ1) is 14.1. The van der Waals surface area contributed by atoms with Crippen molar-refractivity contribution in [3.63, 3.8) is 0 Å². The van der Waals surface area contributed by atoms with Crippen molar-refractivity contribution in [3.05, 3.63) is 47.5 Å². The molecule has 1 atom stereocenters. The summed E-state index contributed by atoms with van der Waals surface area (Å²) in [6, 6.07) is 5.88. The molecule has 1 aromatic carbocycles. The van der Waals surface area contributed by atoms with E-state index in [0.29, 0.717) is 0 Å². The standard InChI is InChI=1S/C16H21N3O2/c1-12(20)13-3-4-15(21-2)14(9-13)10-18-7-8-19-6-5-17-16(19)11-18/h3-6,9,12,20H,7-8,10-11H2,1-2H3. The Morgan fingerprint density at radius 3 is 3.00 bits per heavy atom. The number of rotatable bonds is 4. The number of hydrogen-bond donors (Lipinski definition) is 1. The smallest absolute Gasteiger partial charge is 0.123 e. The molecular formula is C16H21N3O2. The highest BCUT2D eigenvalue weighted by Crippen LogP contribution is 2.25. The van der Waals surface area contributed by atoms with E-state index in [9.17, 15) is 5.11 Å². The lowest BCUT2D eigenvalue weighted by Crippen LogP contribution is -2.33. The van der Waals surface area contributed by atoms with E-state index >= 15 is 0 Å². The maximum atomic E-state index is 9.75. The van der Waals surface area contributed by atoms with Gasteiger partial charge < -0.3 is 14.4 Å². The van der Waals surface area contributed by atoms with Gasteiger partial charge in [-0.25, -0.2) is 4.98 Å². The number of aromatic nitrogens is 2. The third-order valence-corrected chi connectivity index (χ3v) is 4.00. The van der Waals surface area contributed by atoms with E-state index in [1.807, 2.05) is 30.6 Å². The normalized spacial score (nSPS) is 16.5. The summed E-state index contributed by atoms with van der Waals surface area (Å²) in [4.78, 5) is 6.74. The fourth-order valence-corrected chi connectivity index (χ4v) is 2.78. The average molecular weight is 287 g/mol. The number of nitrogens with zero attached hydrogens (tertiary/aromatic N) is 3. The molecule has 5 nitrogen and oxygen atoms in total. The number of aliphatic hydroxyl groups is 1. The van der Waals surface area contributed by atoms with Crippen molar-refractivity contribution >= 4 is 0 Å². The molecule has 0 radical (unpaired) electrons. The van der Waals surface area contributed by atoms with E-state index in [0.717, 1.165) is 48.9 Å². The Morgan fingerprint density at radius 1 is 1.38 bits per heavy atom. The largest absolute Gasteiger partial charge is 0.496 e. The molecule has 0 spiro atoms. The predicted octanol–water partition coefficient (Wildman–Crippen LogP) is 1.96. The third kappa shape index (κ3) is 2.94. The summed E-state index contributed by atoms with van der Waals surface area (Å²) in [6.07, 6.45) is 3.42. The minimum absolute atomic E-state index is 0.463. The Morgan fingerprint density at radius 2 is 2.24 bits per heavy atom. The Bertz CT molecular complexity index is 622. The van der Waals surface area contributed by atoms with Crippen LogP contribution in [0, 0.1) is 0 Å². The molecule has 5 heteroatoms. The molecule has 112 valence electrons. The summed E-state index contributed by atoms with van der Waals surface area (Å²) < 4.78 is 7.64. The van der Waals surface area contributed by atoms with Crippen molar-refractivity contribution in [1.82, 2.24) is 14.5 Å². The molecule has 0 amide bonds. The van der Waals surface area contributed by atoms with Crippen LogP contribution in [0.25, 0.3) is 0 Å². The molecule has 0 saturated carbocycles. The van der Waals surface area contributed by atoms with Crippen LogP contribution >= 0.6 is 0 Å². The van der Waals surface area contributed by atoms with Crippen molar-refractivity contribution in [1.29, 1.82) is 0 Å². The van der Waals surface area contributed by atoms with Crippen LogP contribution in [0.2, 0.25) is 0 Å². The number of ether oxygens (including phenoxy) is 1. The molecule has 1 unspecified atom stereocenters. The van der Waals surface area contributed by atoms with E-state index in [1.165, 1.54) is 0 Å². The highest BCUT2D eigenvalue weighted by molar-refractivity contribution is 5.38. The summed E-state index contributed by atoms with van der Waals surface area (Å²) in [5.41, 5.74) is 2.03. The molecule has 1 aromatic heterocycles. The third-order valence-electron chi connectivity index (χ3n) is 4.00. The first-order valence-corrected chi connectivity index (χ1v) is 7.24. The fourth-order valence-electron chi connectivity index (χ4n) is 2.78. The number of aliphatic hydroxyl groups excluding tert-OH is 1. The lowest BCUT2D eigenvalue weighted by atomic mass is 10.1. The Kier molecular flexibility index (Phi) is 3.94. The van der Waals surface area contributed by atoms with E-state index in [4.69, 9.17) is 4.74 Å². The molecule has 2 aromatic rings. The van der Waals surface area contributed by atoms with Gasteiger partial charge in [-0.15, -0.1) is 0 Å². The van der Waals surface area contributed by atoms with Crippen LogP contribution in [-0.4, -0.2) is 33.2 Å². The van der Waals surface area contributed by atoms with E-state index < -0.39 is 6.10 Å².